The second-order valence-electron chi connectivity index (χ2n) is 18.4. The number of aryl methyl sites for hydroxylation is 2. The molecule has 0 aromatic heterocycles. The third-order valence-electron chi connectivity index (χ3n) is 11.9. The van der Waals surface area contributed by atoms with Crippen LogP contribution >= 0.6 is 0 Å². The van der Waals surface area contributed by atoms with Gasteiger partial charge in [0.05, 0.1) is 0 Å². The van der Waals surface area contributed by atoms with Gasteiger partial charge in [0.15, 0.2) is 0 Å². The van der Waals surface area contributed by atoms with Crippen LogP contribution in [0.5, 0.6) is 0 Å². The molecule has 0 amide bonds. The molecule has 0 aliphatic heterocycles. The quantitative estimate of drug-likeness (QED) is 0.160. The van der Waals surface area contributed by atoms with E-state index in [1.165, 1.54) is 117 Å². The average molecular weight is 859 g/mol. The molecule has 3 aliphatic rings. The predicted octanol–water partition coefficient (Wildman–Crippen LogP) is 8.67. The van der Waals surface area contributed by atoms with E-state index in [0.29, 0.717) is 11.3 Å². The Morgan fingerprint density at radius 3 is 1.45 bits per heavy atom. The normalized spacial score (nSPS) is 17.4. The van der Waals surface area contributed by atoms with Gasteiger partial charge in [-0.05, 0) is 59.8 Å². The van der Waals surface area contributed by atoms with Crippen LogP contribution < -0.4 is 24.8 Å². The minimum Gasteiger partial charge on any atom is -1.00 e. The summed E-state index contributed by atoms with van der Waals surface area (Å²) < 4.78 is 1.42. The molecule has 0 bridgehead atoms. The zero-order valence-corrected chi connectivity index (χ0v) is 39.7. The van der Waals surface area contributed by atoms with Gasteiger partial charge >= 0.3 is 112 Å². The minimum atomic E-state index is 0. The fourth-order valence-corrected chi connectivity index (χ4v) is 8.77. The van der Waals surface area contributed by atoms with E-state index in [1.807, 2.05) is 0 Å². The number of hydrogen-bond acceptors (Lipinski definition) is 0. The zero-order chi connectivity index (χ0) is 39.2. The fraction of sp³-hybridized carbons (Fsp3) is 0.358. The smallest absolute Gasteiger partial charge is 1.00 e. The van der Waals surface area contributed by atoms with Gasteiger partial charge in [0.1, 0.15) is 0 Å². The predicted molar refractivity (Wildman–Crippen MR) is 234 cm³/mol. The summed E-state index contributed by atoms with van der Waals surface area (Å²) >= 11 is 1.46. The second-order valence-corrected chi connectivity index (χ2v) is 19.6. The molecule has 292 valence electrons. The van der Waals surface area contributed by atoms with Crippen molar-refractivity contribution >= 4 is 35.9 Å². The molecular formula is C53H60Cl2Zr-2. The Labute approximate surface area is 366 Å². The standard InChI is InChI=1S/C27H29.C15H14.C11H17.2ClH.Zr/c1-16-7-9-26(3,4)24-12-18-11-19-13-25-21(17(2)8-10-27(25,5)6)15-23(19)22(18)14-20(16)24;1-12-3-7-14(8-4-12)11-15-9-5-13(2)6-10-15;1-5-9-6-7-10(8-9)11(2,3)4;;;/h7-8,11-15H,9-10H2,1-6H3;3-10H,1-2H3;7-9H,5H2,1-4H3;2*1H;/q-1;;-1;;;+2/p-2. The molecule has 3 heteroatoms. The van der Waals surface area contributed by atoms with Gasteiger partial charge < -0.3 is 24.8 Å². The molecule has 1 atom stereocenters. The Morgan fingerprint density at radius 1 is 0.696 bits per heavy atom. The SMILES string of the molecule is CC1=CCC(C)(C)c2cc3[cH-]c4cc5c(cc4c3cc21)C(C)=CCC5(C)C.CCC1[C-]=CC(C(C)(C)C)=C1.Cc1ccc([C](=[Zr+2])c2ccc(C)cc2)cc1.[Cl-].[Cl-]. The van der Waals surface area contributed by atoms with E-state index in [2.05, 4.69) is 192 Å². The summed E-state index contributed by atoms with van der Waals surface area (Å²) in [6.45, 7) is 27.2. The molecule has 0 saturated heterocycles. The Bertz CT molecular complexity index is 2190. The van der Waals surface area contributed by atoms with Crippen LogP contribution in [0, 0.1) is 31.3 Å². The van der Waals surface area contributed by atoms with Crippen molar-refractivity contribution in [3.63, 3.8) is 0 Å². The molecule has 56 heavy (non-hydrogen) atoms. The van der Waals surface area contributed by atoms with Gasteiger partial charge in [-0.1, -0.05) is 109 Å². The van der Waals surface area contributed by atoms with E-state index >= 15 is 0 Å². The minimum absolute atomic E-state index is 0. The van der Waals surface area contributed by atoms with Crippen molar-refractivity contribution in [3.05, 3.63) is 159 Å². The van der Waals surface area contributed by atoms with Gasteiger partial charge in [-0.3, -0.25) is 6.08 Å². The van der Waals surface area contributed by atoms with Gasteiger partial charge in [-0.25, -0.2) is 6.08 Å². The maximum atomic E-state index is 3.35. The maximum Gasteiger partial charge on any atom is -1.00 e. The van der Waals surface area contributed by atoms with Gasteiger partial charge in [-0.2, -0.15) is 11.6 Å². The van der Waals surface area contributed by atoms with Crippen LogP contribution in [-0.4, -0.2) is 3.21 Å². The topological polar surface area (TPSA) is 0 Å². The summed E-state index contributed by atoms with van der Waals surface area (Å²) in [7, 11) is 0. The molecule has 0 fully saturated rings. The van der Waals surface area contributed by atoms with Crippen molar-refractivity contribution in [1.82, 2.24) is 0 Å². The zero-order valence-electron chi connectivity index (χ0n) is 35.8. The molecule has 5 aromatic rings. The molecule has 0 nitrogen and oxygen atoms in total. The van der Waals surface area contributed by atoms with Gasteiger partial charge in [0.2, 0.25) is 0 Å². The average Bonchev–Trinajstić information content (AvgIpc) is 3.77. The first-order valence-corrected chi connectivity index (χ1v) is 21.2. The summed E-state index contributed by atoms with van der Waals surface area (Å²) in [5, 5.41) is 5.61. The van der Waals surface area contributed by atoms with Crippen molar-refractivity contribution in [2.75, 3.05) is 0 Å². The number of allylic oxidation sites excluding steroid dienone is 8. The first-order valence-electron chi connectivity index (χ1n) is 20.0. The van der Waals surface area contributed by atoms with Crippen molar-refractivity contribution in [1.29, 1.82) is 0 Å². The van der Waals surface area contributed by atoms with Crippen LogP contribution in [0.15, 0.2) is 109 Å². The molecule has 0 spiro atoms. The third-order valence-corrected chi connectivity index (χ3v) is 13.4. The summed E-state index contributed by atoms with van der Waals surface area (Å²) in [6.07, 6.45) is 16.1. The van der Waals surface area contributed by atoms with Crippen molar-refractivity contribution in [2.45, 2.75) is 113 Å². The van der Waals surface area contributed by atoms with E-state index in [9.17, 15) is 0 Å². The van der Waals surface area contributed by atoms with Crippen LogP contribution in [0.3, 0.4) is 0 Å². The Hall–Kier alpha value is -2.96. The number of halogens is 2. The molecule has 1 unspecified atom stereocenters. The molecule has 5 aromatic carbocycles. The van der Waals surface area contributed by atoms with Crippen molar-refractivity contribution < 1.29 is 49.0 Å². The number of rotatable bonds is 3. The van der Waals surface area contributed by atoms with Gasteiger partial charge in [0, 0.05) is 0 Å². The van der Waals surface area contributed by atoms with Crippen molar-refractivity contribution in [2.24, 2.45) is 11.3 Å². The maximum absolute atomic E-state index is 3.35. The summed E-state index contributed by atoms with van der Waals surface area (Å²) in [6, 6.07) is 29.8. The molecular weight excluding hydrogens is 799 g/mol. The first kappa shape index (κ1) is 45.7. The Morgan fingerprint density at radius 2 is 1.11 bits per heavy atom. The van der Waals surface area contributed by atoms with E-state index in [-0.39, 0.29) is 35.6 Å². The van der Waals surface area contributed by atoms with Crippen LogP contribution in [0.1, 0.15) is 133 Å². The first-order chi connectivity index (χ1) is 25.4. The van der Waals surface area contributed by atoms with E-state index in [4.69, 9.17) is 0 Å². The van der Waals surface area contributed by atoms with E-state index in [0.717, 1.165) is 12.8 Å². The number of fused-ring (bicyclic) bond motifs is 5. The summed E-state index contributed by atoms with van der Waals surface area (Å²) in [4.78, 5) is 0. The second kappa shape index (κ2) is 17.9. The number of hydrogen-bond donors (Lipinski definition) is 0. The van der Waals surface area contributed by atoms with Crippen LogP contribution in [0.2, 0.25) is 0 Å². The molecule has 0 N–H and O–H groups in total. The number of benzene rings is 4. The van der Waals surface area contributed by atoms with Crippen LogP contribution in [0.25, 0.3) is 32.7 Å². The van der Waals surface area contributed by atoms with E-state index in [1.54, 1.807) is 0 Å². The molecule has 8 rings (SSSR count). The molecule has 3 aliphatic carbocycles. The molecule has 0 heterocycles. The molecule has 0 saturated carbocycles. The van der Waals surface area contributed by atoms with Crippen LogP contribution in [0.4, 0.5) is 0 Å². The molecule has 0 radical (unpaired) electrons. The Balaban J connectivity index is 0.000000205. The summed E-state index contributed by atoms with van der Waals surface area (Å²) in [5.41, 5.74) is 16.2. The van der Waals surface area contributed by atoms with Crippen molar-refractivity contribution in [3.8, 4) is 0 Å². The Kier molecular flexibility index (Phi) is 14.6. The van der Waals surface area contributed by atoms with E-state index < -0.39 is 0 Å². The van der Waals surface area contributed by atoms with Gasteiger partial charge in [0.25, 0.3) is 0 Å². The summed E-state index contributed by atoms with van der Waals surface area (Å²) in [5.74, 6) is 0.573. The van der Waals surface area contributed by atoms with Gasteiger partial charge in [-0.15, -0.1) is 39.7 Å². The fourth-order valence-electron chi connectivity index (χ4n) is 7.95. The monoisotopic (exact) mass is 856 g/mol. The van der Waals surface area contributed by atoms with Crippen LogP contribution in [-0.2, 0) is 35.1 Å². The third kappa shape index (κ3) is 9.83. The largest absolute Gasteiger partial charge is 1.00 e.